The van der Waals surface area contributed by atoms with Crippen LogP contribution in [-0.4, -0.2) is 24.7 Å². The maximum absolute atomic E-state index is 12.2. The van der Waals surface area contributed by atoms with Gasteiger partial charge in [-0.25, -0.2) is 4.79 Å². The lowest BCUT2D eigenvalue weighted by atomic mass is 10.0. The summed E-state index contributed by atoms with van der Waals surface area (Å²) in [6.45, 7) is 5.16. The fourth-order valence-corrected chi connectivity index (χ4v) is 2.40. The van der Waals surface area contributed by atoms with Gasteiger partial charge >= 0.3 is 6.03 Å². The van der Waals surface area contributed by atoms with Crippen molar-refractivity contribution in [3.8, 4) is 0 Å². The van der Waals surface area contributed by atoms with E-state index in [0.29, 0.717) is 19.1 Å². The predicted octanol–water partition coefficient (Wildman–Crippen LogP) is 3.39. The van der Waals surface area contributed by atoms with E-state index in [1.54, 1.807) is 13.3 Å². The Morgan fingerprint density at radius 3 is 2.71 bits per heavy atom. The smallest absolute Gasteiger partial charge is 0.315 e. The molecule has 2 N–H and O–H groups in total. The van der Waals surface area contributed by atoms with Gasteiger partial charge < -0.3 is 15.4 Å². The number of urea groups is 1. The molecule has 2 rings (SSSR count). The summed E-state index contributed by atoms with van der Waals surface area (Å²) in [4.78, 5) is 16.5. The SMILES string of the molecule is COC[C@H](NC(=O)NCc1cccc(C(C)C)c1)c1ccccn1. The highest BCUT2D eigenvalue weighted by molar-refractivity contribution is 5.74. The van der Waals surface area contributed by atoms with E-state index in [4.69, 9.17) is 4.74 Å². The van der Waals surface area contributed by atoms with E-state index >= 15 is 0 Å². The van der Waals surface area contributed by atoms with Crippen LogP contribution in [0.4, 0.5) is 4.79 Å². The van der Waals surface area contributed by atoms with Crippen molar-refractivity contribution in [1.29, 1.82) is 0 Å². The van der Waals surface area contributed by atoms with Crippen LogP contribution in [0.5, 0.6) is 0 Å². The van der Waals surface area contributed by atoms with Crippen LogP contribution in [0.1, 0.15) is 42.6 Å². The average Bonchev–Trinajstić information content (AvgIpc) is 2.60. The number of pyridine rings is 1. The minimum atomic E-state index is -0.279. The van der Waals surface area contributed by atoms with E-state index in [9.17, 15) is 4.79 Å². The topological polar surface area (TPSA) is 63.2 Å². The van der Waals surface area contributed by atoms with Crippen LogP contribution in [0.3, 0.4) is 0 Å². The molecule has 2 amide bonds. The Kier molecular flexibility index (Phi) is 6.75. The molecule has 0 aliphatic heterocycles. The van der Waals surface area contributed by atoms with Crippen molar-refractivity contribution >= 4 is 6.03 Å². The number of nitrogens with one attached hydrogen (secondary N) is 2. The molecule has 0 aliphatic rings. The largest absolute Gasteiger partial charge is 0.382 e. The lowest BCUT2D eigenvalue weighted by Gasteiger charge is -2.18. The second-order valence-corrected chi connectivity index (χ2v) is 5.99. The minimum Gasteiger partial charge on any atom is -0.382 e. The zero-order valence-corrected chi connectivity index (χ0v) is 14.5. The first-order valence-electron chi connectivity index (χ1n) is 8.13. The Balaban J connectivity index is 1.93. The van der Waals surface area contributed by atoms with Crippen LogP contribution < -0.4 is 10.6 Å². The normalized spacial score (nSPS) is 12.0. The molecule has 0 bridgehead atoms. The summed E-state index contributed by atoms with van der Waals surface area (Å²) in [5, 5.41) is 5.79. The van der Waals surface area contributed by atoms with E-state index in [2.05, 4.69) is 41.6 Å². The van der Waals surface area contributed by atoms with Gasteiger partial charge in [0.2, 0.25) is 0 Å². The number of rotatable bonds is 7. The summed E-state index contributed by atoms with van der Waals surface area (Å²) >= 11 is 0. The fourth-order valence-electron chi connectivity index (χ4n) is 2.40. The highest BCUT2D eigenvalue weighted by atomic mass is 16.5. The minimum absolute atomic E-state index is 0.238. The van der Waals surface area contributed by atoms with Crippen molar-refractivity contribution in [3.05, 3.63) is 65.5 Å². The molecule has 0 aliphatic carbocycles. The van der Waals surface area contributed by atoms with Crippen LogP contribution in [0, 0.1) is 0 Å². The Morgan fingerprint density at radius 1 is 1.21 bits per heavy atom. The van der Waals surface area contributed by atoms with Crippen molar-refractivity contribution in [1.82, 2.24) is 15.6 Å². The molecule has 0 saturated heterocycles. The van der Waals surface area contributed by atoms with Crippen LogP contribution >= 0.6 is 0 Å². The third-order valence-corrected chi connectivity index (χ3v) is 3.75. The number of aromatic nitrogens is 1. The summed E-state index contributed by atoms with van der Waals surface area (Å²) in [6.07, 6.45) is 1.70. The van der Waals surface area contributed by atoms with Gasteiger partial charge in [-0.05, 0) is 29.2 Å². The van der Waals surface area contributed by atoms with Gasteiger partial charge in [-0.3, -0.25) is 4.98 Å². The first-order valence-corrected chi connectivity index (χ1v) is 8.13. The first kappa shape index (κ1) is 17.9. The van der Waals surface area contributed by atoms with Crippen LogP contribution in [0.25, 0.3) is 0 Å². The van der Waals surface area contributed by atoms with Gasteiger partial charge in [0.05, 0.1) is 18.3 Å². The standard InChI is InChI=1S/C19H25N3O2/c1-14(2)16-8-6-7-15(11-16)12-21-19(23)22-18(13-24-3)17-9-4-5-10-20-17/h4-11,14,18H,12-13H2,1-3H3,(H2,21,22,23)/t18-/m0/s1. The maximum Gasteiger partial charge on any atom is 0.315 e. The number of benzene rings is 1. The molecule has 0 spiro atoms. The number of carbonyl (C=O) groups excluding carboxylic acids is 1. The molecule has 128 valence electrons. The summed E-state index contributed by atoms with van der Waals surface area (Å²) in [6, 6.07) is 13.3. The molecule has 0 unspecified atom stereocenters. The molecular formula is C19H25N3O2. The van der Waals surface area contributed by atoms with Gasteiger partial charge in [0.15, 0.2) is 0 Å². The van der Waals surface area contributed by atoms with Crippen LogP contribution in [-0.2, 0) is 11.3 Å². The van der Waals surface area contributed by atoms with Crippen molar-refractivity contribution < 1.29 is 9.53 Å². The molecule has 1 heterocycles. The number of hydrogen-bond acceptors (Lipinski definition) is 3. The zero-order chi connectivity index (χ0) is 17.4. The second-order valence-electron chi connectivity index (χ2n) is 5.99. The zero-order valence-electron chi connectivity index (χ0n) is 14.5. The summed E-state index contributed by atoms with van der Waals surface area (Å²) in [5.41, 5.74) is 3.12. The molecule has 24 heavy (non-hydrogen) atoms. The van der Waals surface area contributed by atoms with E-state index < -0.39 is 0 Å². The second kappa shape index (κ2) is 9.03. The molecule has 5 heteroatoms. The van der Waals surface area contributed by atoms with Crippen LogP contribution in [0.15, 0.2) is 48.7 Å². The number of amides is 2. The number of methoxy groups -OCH3 is 1. The summed E-state index contributed by atoms with van der Waals surface area (Å²) in [7, 11) is 1.60. The number of hydrogen-bond donors (Lipinski definition) is 2. The molecule has 0 saturated carbocycles. The summed E-state index contributed by atoms with van der Waals surface area (Å²) < 4.78 is 5.18. The van der Waals surface area contributed by atoms with Gasteiger partial charge in [-0.2, -0.15) is 0 Å². The maximum atomic E-state index is 12.2. The quantitative estimate of drug-likeness (QED) is 0.819. The van der Waals surface area contributed by atoms with Gasteiger partial charge in [-0.1, -0.05) is 44.2 Å². The van der Waals surface area contributed by atoms with Crippen molar-refractivity contribution in [2.45, 2.75) is 32.4 Å². The average molecular weight is 327 g/mol. The van der Waals surface area contributed by atoms with E-state index in [-0.39, 0.29) is 12.1 Å². The van der Waals surface area contributed by atoms with Gasteiger partial charge in [0.1, 0.15) is 0 Å². The van der Waals surface area contributed by atoms with Gasteiger partial charge in [0, 0.05) is 19.9 Å². The van der Waals surface area contributed by atoms with E-state index in [1.807, 2.05) is 30.3 Å². The Bertz CT molecular complexity index is 644. The lowest BCUT2D eigenvalue weighted by Crippen LogP contribution is -2.39. The molecule has 1 aromatic heterocycles. The highest BCUT2D eigenvalue weighted by Crippen LogP contribution is 2.15. The van der Waals surface area contributed by atoms with Crippen LogP contribution in [0.2, 0.25) is 0 Å². The molecule has 0 radical (unpaired) electrons. The van der Waals surface area contributed by atoms with Crippen molar-refractivity contribution in [3.63, 3.8) is 0 Å². The Morgan fingerprint density at radius 2 is 2.04 bits per heavy atom. The van der Waals surface area contributed by atoms with Gasteiger partial charge in [0.25, 0.3) is 0 Å². The number of nitrogens with zero attached hydrogens (tertiary/aromatic N) is 1. The molecule has 0 fully saturated rings. The predicted molar refractivity (Wildman–Crippen MR) is 94.8 cm³/mol. The monoisotopic (exact) mass is 327 g/mol. The third-order valence-electron chi connectivity index (χ3n) is 3.75. The summed E-state index contributed by atoms with van der Waals surface area (Å²) in [5.74, 6) is 0.467. The molecule has 5 nitrogen and oxygen atoms in total. The molecule has 1 atom stereocenters. The first-order chi connectivity index (χ1) is 11.6. The molecule has 2 aromatic rings. The van der Waals surface area contributed by atoms with Crippen molar-refractivity contribution in [2.24, 2.45) is 0 Å². The third kappa shape index (κ3) is 5.35. The number of ether oxygens (including phenoxy) is 1. The lowest BCUT2D eigenvalue weighted by molar-refractivity contribution is 0.164. The Labute approximate surface area is 143 Å². The van der Waals surface area contributed by atoms with Gasteiger partial charge in [-0.15, -0.1) is 0 Å². The van der Waals surface area contributed by atoms with Crippen molar-refractivity contribution in [2.75, 3.05) is 13.7 Å². The fraction of sp³-hybridized carbons (Fsp3) is 0.368. The van der Waals surface area contributed by atoms with E-state index in [0.717, 1.165) is 11.3 Å². The van der Waals surface area contributed by atoms with E-state index in [1.165, 1.54) is 5.56 Å². The number of carbonyl (C=O) groups is 1. The molecular weight excluding hydrogens is 302 g/mol. The Hall–Kier alpha value is -2.40. The molecule has 1 aromatic carbocycles. The highest BCUT2D eigenvalue weighted by Gasteiger charge is 2.15.